The second-order valence-electron chi connectivity index (χ2n) is 6.82. The van der Waals surface area contributed by atoms with Crippen LogP contribution in [0.5, 0.6) is 0 Å². The van der Waals surface area contributed by atoms with E-state index in [1.54, 1.807) is 0 Å². The standard InChI is InChI=1S/C17H24N4O/c1-13-10-15(20-19-13)14-6-5-9-21(11-14)16(22)17(12-18)7-3-2-4-8-17/h10,14H,2-9,11H2,1H3,(H,19,20). The minimum Gasteiger partial charge on any atom is -0.341 e. The van der Waals surface area contributed by atoms with Crippen LogP contribution >= 0.6 is 0 Å². The minimum absolute atomic E-state index is 0.0617. The zero-order chi connectivity index (χ0) is 15.6. The Morgan fingerprint density at radius 3 is 2.82 bits per heavy atom. The van der Waals surface area contributed by atoms with E-state index in [1.165, 1.54) is 0 Å². The number of amides is 1. The van der Waals surface area contributed by atoms with Gasteiger partial charge in [0.15, 0.2) is 0 Å². The maximum Gasteiger partial charge on any atom is 0.243 e. The van der Waals surface area contributed by atoms with E-state index in [1.807, 2.05) is 11.8 Å². The molecule has 0 aromatic carbocycles. The Hall–Kier alpha value is -1.83. The van der Waals surface area contributed by atoms with Crippen molar-refractivity contribution in [1.29, 1.82) is 5.26 Å². The lowest BCUT2D eigenvalue weighted by Gasteiger charge is -2.38. The SMILES string of the molecule is Cc1cc(C2CCCN(C(=O)C3(C#N)CCCCC3)C2)n[nH]1. The molecule has 2 heterocycles. The number of hydrogen-bond acceptors (Lipinski definition) is 3. The molecule has 0 bridgehead atoms. The molecule has 2 aliphatic rings. The maximum atomic E-state index is 13.0. The normalized spacial score (nSPS) is 24.7. The molecule has 1 aromatic heterocycles. The van der Waals surface area contributed by atoms with E-state index in [0.717, 1.165) is 62.9 Å². The van der Waals surface area contributed by atoms with Crippen molar-refractivity contribution in [1.82, 2.24) is 15.1 Å². The lowest BCUT2D eigenvalue weighted by atomic mass is 9.73. The highest BCUT2D eigenvalue weighted by molar-refractivity contribution is 5.85. The molecule has 1 aliphatic carbocycles. The number of likely N-dealkylation sites (tertiary alicyclic amines) is 1. The average Bonchev–Trinajstić information content (AvgIpc) is 3.01. The molecule has 1 saturated heterocycles. The van der Waals surface area contributed by atoms with Gasteiger partial charge in [-0.1, -0.05) is 19.3 Å². The number of aryl methyl sites for hydroxylation is 1. The number of carbonyl (C=O) groups excluding carboxylic acids is 1. The summed E-state index contributed by atoms with van der Waals surface area (Å²) < 4.78 is 0. The first-order chi connectivity index (χ1) is 10.6. The van der Waals surface area contributed by atoms with Crippen molar-refractivity contribution in [2.24, 2.45) is 5.41 Å². The number of nitrogens with zero attached hydrogens (tertiary/aromatic N) is 3. The molecular weight excluding hydrogens is 276 g/mol. The third-order valence-corrected chi connectivity index (χ3v) is 5.18. The molecule has 0 radical (unpaired) electrons. The molecule has 3 rings (SSSR count). The highest BCUT2D eigenvalue weighted by Gasteiger charge is 2.43. The van der Waals surface area contributed by atoms with Crippen molar-refractivity contribution in [3.8, 4) is 6.07 Å². The quantitative estimate of drug-likeness (QED) is 0.912. The first kappa shape index (κ1) is 15.1. The van der Waals surface area contributed by atoms with E-state index in [4.69, 9.17) is 0 Å². The van der Waals surface area contributed by atoms with Gasteiger partial charge in [-0.15, -0.1) is 0 Å². The monoisotopic (exact) mass is 300 g/mol. The minimum atomic E-state index is -0.762. The summed E-state index contributed by atoms with van der Waals surface area (Å²) in [6.45, 7) is 3.48. The number of carbonyl (C=O) groups is 1. The van der Waals surface area contributed by atoms with Gasteiger partial charge in [-0.25, -0.2) is 0 Å². The molecule has 1 aromatic rings. The number of nitriles is 1. The summed E-state index contributed by atoms with van der Waals surface area (Å²) in [5.74, 6) is 0.355. The number of nitrogens with one attached hydrogen (secondary N) is 1. The van der Waals surface area contributed by atoms with Gasteiger partial charge in [-0.3, -0.25) is 9.89 Å². The summed E-state index contributed by atoms with van der Waals surface area (Å²) in [4.78, 5) is 14.9. The van der Waals surface area contributed by atoms with Gasteiger partial charge in [0.1, 0.15) is 5.41 Å². The molecule has 1 aliphatic heterocycles. The summed E-state index contributed by atoms with van der Waals surface area (Å²) in [5.41, 5.74) is 1.34. The fourth-order valence-corrected chi connectivity index (χ4v) is 3.88. The number of hydrogen-bond donors (Lipinski definition) is 1. The topological polar surface area (TPSA) is 72.8 Å². The van der Waals surface area contributed by atoms with Crippen LogP contribution in [0, 0.1) is 23.7 Å². The van der Waals surface area contributed by atoms with E-state index in [-0.39, 0.29) is 5.91 Å². The van der Waals surface area contributed by atoms with E-state index in [0.29, 0.717) is 12.5 Å². The summed E-state index contributed by atoms with van der Waals surface area (Å²) in [5, 5.41) is 17.0. The molecule has 1 amide bonds. The van der Waals surface area contributed by atoms with E-state index in [2.05, 4.69) is 22.3 Å². The molecule has 1 atom stereocenters. The Labute approximate surface area is 131 Å². The van der Waals surface area contributed by atoms with Crippen molar-refractivity contribution in [2.45, 2.75) is 57.8 Å². The Morgan fingerprint density at radius 2 is 2.18 bits per heavy atom. The summed E-state index contributed by atoms with van der Waals surface area (Å²) >= 11 is 0. The second-order valence-corrected chi connectivity index (χ2v) is 6.82. The zero-order valence-electron chi connectivity index (χ0n) is 13.3. The molecule has 2 fully saturated rings. The van der Waals surface area contributed by atoms with Crippen LogP contribution in [-0.2, 0) is 4.79 Å². The molecule has 1 unspecified atom stereocenters. The summed E-state index contributed by atoms with van der Waals surface area (Å²) in [7, 11) is 0. The summed E-state index contributed by atoms with van der Waals surface area (Å²) in [6, 6.07) is 4.43. The zero-order valence-corrected chi connectivity index (χ0v) is 13.3. The molecule has 5 heteroatoms. The number of aromatic amines is 1. The van der Waals surface area contributed by atoms with Crippen molar-refractivity contribution in [2.75, 3.05) is 13.1 Å². The van der Waals surface area contributed by atoms with E-state index >= 15 is 0 Å². The fourth-order valence-electron chi connectivity index (χ4n) is 3.88. The predicted octanol–water partition coefficient (Wildman–Crippen LogP) is 2.90. The average molecular weight is 300 g/mol. The van der Waals surface area contributed by atoms with Crippen LogP contribution in [0.2, 0.25) is 0 Å². The van der Waals surface area contributed by atoms with Crippen molar-refractivity contribution in [3.63, 3.8) is 0 Å². The van der Waals surface area contributed by atoms with Gasteiger partial charge < -0.3 is 4.90 Å². The van der Waals surface area contributed by atoms with Crippen molar-refractivity contribution >= 4 is 5.91 Å². The molecule has 1 N–H and O–H groups in total. The van der Waals surface area contributed by atoms with Crippen LogP contribution in [0.25, 0.3) is 0 Å². The number of piperidine rings is 1. The van der Waals surface area contributed by atoms with Crippen molar-refractivity contribution in [3.05, 3.63) is 17.5 Å². The largest absolute Gasteiger partial charge is 0.341 e. The molecular formula is C17H24N4O. The lowest BCUT2D eigenvalue weighted by Crippen LogP contribution is -2.48. The van der Waals surface area contributed by atoms with Crippen LogP contribution in [0.4, 0.5) is 0 Å². The number of H-pyrrole nitrogens is 1. The Balaban J connectivity index is 1.74. The van der Waals surface area contributed by atoms with Crippen molar-refractivity contribution < 1.29 is 4.79 Å². The van der Waals surface area contributed by atoms with Gasteiger partial charge >= 0.3 is 0 Å². The Morgan fingerprint density at radius 1 is 1.41 bits per heavy atom. The second kappa shape index (κ2) is 6.12. The highest BCUT2D eigenvalue weighted by atomic mass is 16.2. The third kappa shape index (κ3) is 2.75. The third-order valence-electron chi connectivity index (χ3n) is 5.18. The number of aromatic nitrogens is 2. The van der Waals surface area contributed by atoms with Crippen LogP contribution in [-0.4, -0.2) is 34.1 Å². The van der Waals surface area contributed by atoms with E-state index in [9.17, 15) is 10.1 Å². The predicted molar refractivity (Wildman–Crippen MR) is 83.0 cm³/mol. The summed E-state index contributed by atoms with van der Waals surface area (Å²) in [6.07, 6.45) is 6.64. The Kier molecular flexibility index (Phi) is 4.19. The van der Waals surface area contributed by atoms with Gasteiger partial charge in [0.05, 0.1) is 11.8 Å². The Bertz CT molecular complexity index is 580. The fraction of sp³-hybridized carbons (Fsp3) is 0.706. The molecule has 5 nitrogen and oxygen atoms in total. The smallest absolute Gasteiger partial charge is 0.243 e. The van der Waals surface area contributed by atoms with Gasteiger partial charge in [-0.05, 0) is 38.7 Å². The van der Waals surface area contributed by atoms with Gasteiger partial charge in [0.25, 0.3) is 0 Å². The van der Waals surface area contributed by atoms with Crippen LogP contribution in [0.3, 0.4) is 0 Å². The first-order valence-electron chi connectivity index (χ1n) is 8.37. The highest BCUT2D eigenvalue weighted by Crippen LogP contribution is 2.39. The lowest BCUT2D eigenvalue weighted by molar-refractivity contribution is -0.141. The molecule has 118 valence electrons. The van der Waals surface area contributed by atoms with Crippen LogP contribution in [0.15, 0.2) is 6.07 Å². The first-order valence-corrected chi connectivity index (χ1v) is 8.37. The van der Waals surface area contributed by atoms with E-state index < -0.39 is 5.41 Å². The number of rotatable bonds is 2. The van der Waals surface area contributed by atoms with Crippen LogP contribution < -0.4 is 0 Å². The molecule has 22 heavy (non-hydrogen) atoms. The van der Waals surface area contributed by atoms with Crippen LogP contribution in [0.1, 0.15) is 62.3 Å². The maximum absolute atomic E-state index is 13.0. The van der Waals surface area contributed by atoms with Gasteiger partial charge in [0, 0.05) is 24.7 Å². The molecule has 1 saturated carbocycles. The molecule has 0 spiro atoms. The van der Waals surface area contributed by atoms with Gasteiger partial charge in [0.2, 0.25) is 5.91 Å². The van der Waals surface area contributed by atoms with Gasteiger partial charge in [-0.2, -0.15) is 10.4 Å².